The molecule has 72 valence electrons. The van der Waals surface area contributed by atoms with Crippen LogP contribution in [0.3, 0.4) is 0 Å². The highest BCUT2D eigenvalue weighted by Gasteiger charge is 2.09. The molecule has 0 spiro atoms. The second kappa shape index (κ2) is 5.83. The SMILES string of the molecule is CC(C#N)C(=O)NCCOC(N)=O. The molecule has 0 aromatic rings. The molecule has 0 aliphatic carbocycles. The number of rotatable bonds is 4. The van der Waals surface area contributed by atoms with Crippen LogP contribution < -0.4 is 11.1 Å². The van der Waals surface area contributed by atoms with Gasteiger partial charge in [0.1, 0.15) is 12.5 Å². The van der Waals surface area contributed by atoms with Gasteiger partial charge in [-0.2, -0.15) is 5.26 Å². The van der Waals surface area contributed by atoms with Crippen molar-refractivity contribution >= 4 is 12.0 Å². The highest BCUT2D eigenvalue weighted by Crippen LogP contribution is 1.89. The number of nitrogens with two attached hydrogens (primary N) is 1. The maximum absolute atomic E-state index is 10.9. The highest BCUT2D eigenvalue weighted by atomic mass is 16.5. The first kappa shape index (κ1) is 11.2. The molecular formula is C7H11N3O3. The highest BCUT2D eigenvalue weighted by molar-refractivity contribution is 5.80. The Kier molecular flexibility index (Phi) is 5.03. The fourth-order valence-corrected chi connectivity index (χ4v) is 0.538. The lowest BCUT2D eigenvalue weighted by molar-refractivity contribution is -0.123. The summed E-state index contributed by atoms with van der Waals surface area (Å²) < 4.78 is 4.35. The van der Waals surface area contributed by atoms with Crippen molar-refractivity contribution in [2.75, 3.05) is 13.2 Å². The molecule has 0 rings (SSSR count). The molecule has 0 bridgehead atoms. The van der Waals surface area contributed by atoms with E-state index in [-0.39, 0.29) is 13.2 Å². The summed E-state index contributed by atoms with van der Waals surface area (Å²) in [6.45, 7) is 1.65. The van der Waals surface area contributed by atoms with Gasteiger partial charge in [-0.25, -0.2) is 4.79 Å². The lowest BCUT2D eigenvalue weighted by Gasteiger charge is -2.05. The van der Waals surface area contributed by atoms with E-state index in [2.05, 4.69) is 15.8 Å². The Hall–Kier alpha value is -1.77. The fourth-order valence-electron chi connectivity index (χ4n) is 0.538. The minimum Gasteiger partial charge on any atom is -0.448 e. The molecular weight excluding hydrogens is 174 g/mol. The number of nitriles is 1. The molecule has 0 aliphatic heterocycles. The first-order valence-corrected chi connectivity index (χ1v) is 3.67. The molecule has 0 radical (unpaired) electrons. The minimum absolute atomic E-state index is 0.0131. The summed E-state index contributed by atoms with van der Waals surface area (Å²) in [5, 5.41) is 10.7. The van der Waals surface area contributed by atoms with E-state index in [1.165, 1.54) is 6.92 Å². The molecule has 6 nitrogen and oxygen atoms in total. The molecule has 1 unspecified atom stereocenters. The molecule has 0 aromatic carbocycles. The molecule has 6 heteroatoms. The van der Waals surface area contributed by atoms with Gasteiger partial charge in [0.15, 0.2) is 0 Å². The molecule has 0 aliphatic rings. The smallest absolute Gasteiger partial charge is 0.404 e. The first-order valence-electron chi connectivity index (χ1n) is 3.67. The number of carbonyl (C=O) groups excluding carboxylic acids is 2. The van der Waals surface area contributed by atoms with Gasteiger partial charge < -0.3 is 15.8 Å². The lowest BCUT2D eigenvalue weighted by Crippen LogP contribution is -2.32. The minimum atomic E-state index is -0.886. The van der Waals surface area contributed by atoms with Crippen LogP contribution in [0.5, 0.6) is 0 Å². The second-order valence-corrected chi connectivity index (χ2v) is 2.31. The van der Waals surface area contributed by atoms with E-state index in [1.807, 2.05) is 0 Å². The number of ether oxygens (including phenoxy) is 1. The third-order valence-electron chi connectivity index (χ3n) is 1.23. The van der Waals surface area contributed by atoms with Crippen molar-refractivity contribution in [3.05, 3.63) is 0 Å². The van der Waals surface area contributed by atoms with Gasteiger partial charge in [0, 0.05) is 0 Å². The average molecular weight is 185 g/mol. The summed E-state index contributed by atoms with van der Waals surface area (Å²) in [4.78, 5) is 21.0. The summed E-state index contributed by atoms with van der Waals surface area (Å²) >= 11 is 0. The molecule has 0 heterocycles. The van der Waals surface area contributed by atoms with Crippen LogP contribution in [0.4, 0.5) is 4.79 Å². The van der Waals surface area contributed by atoms with Gasteiger partial charge >= 0.3 is 6.09 Å². The Morgan fingerprint density at radius 1 is 1.69 bits per heavy atom. The Morgan fingerprint density at radius 2 is 2.31 bits per heavy atom. The molecule has 1 atom stereocenters. The fraction of sp³-hybridized carbons (Fsp3) is 0.571. The van der Waals surface area contributed by atoms with E-state index >= 15 is 0 Å². The van der Waals surface area contributed by atoms with Gasteiger partial charge in [0.25, 0.3) is 0 Å². The number of amides is 2. The standard InChI is InChI=1S/C7H11N3O3/c1-5(4-8)6(11)10-2-3-13-7(9)12/h5H,2-3H2,1H3,(H2,9,12)(H,10,11). The molecule has 0 saturated heterocycles. The third-order valence-corrected chi connectivity index (χ3v) is 1.23. The predicted octanol–water partition coefficient (Wildman–Crippen LogP) is -0.642. The van der Waals surface area contributed by atoms with E-state index in [1.54, 1.807) is 6.07 Å². The summed E-state index contributed by atoms with van der Waals surface area (Å²) in [5.41, 5.74) is 4.67. The van der Waals surface area contributed by atoms with E-state index < -0.39 is 17.9 Å². The number of nitrogens with one attached hydrogen (secondary N) is 1. The van der Waals surface area contributed by atoms with Gasteiger partial charge in [-0.15, -0.1) is 0 Å². The summed E-state index contributed by atoms with van der Waals surface area (Å²) in [6, 6.07) is 1.77. The number of hydrogen-bond donors (Lipinski definition) is 2. The first-order chi connectivity index (χ1) is 6.07. The molecule has 13 heavy (non-hydrogen) atoms. The molecule has 0 saturated carbocycles. The number of primary amides is 1. The van der Waals surface area contributed by atoms with E-state index in [0.717, 1.165) is 0 Å². The van der Waals surface area contributed by atoms with Gasteiger partial charge in [-0.1, -0.05) is 0 Å². The average Bonchev–Trinajstić information content (AvgIpc) is 2.10. The van der Waals surface area contributed by atoms with E-state index in [9.17, 15) is 9.59 Å². The summed E-state index contributed by atoms with van der Waals surface area (Å²) in [6.07, 6.45) is -0.886. The quantitative estimate of drug-likeness (QED) is 0.568. The van der Waals surface area contributed by atoms with Crippen molar-refractivity contribution in [3.63, 3.8) is 0 Å². The second-order valence-electron chi connectivity index (χ2n) is 2.31. The Labute approximate surface area is 75.6 Å². The normalized spacial score (nSPS) is 11.1. The van der Waals surface area contributed by atoms with Crippen LogP contribution in [0.1, 0.15) is 6.92 Å². The van der Waals surface area contributed by atoms with Crippen molar-refractivity contribution in [1.29, 1.82) is 5.26 Å². The van der Waals surface area contributed by atoms with Gasteiger partial charge in [0.2, 0.25) is 5.91 Å². The van der Waals surface area contributed by atoms with Gasteiger partial charge in [-0.3, -0.25) is 4.79 Å². The number of carbonyl (C=O) groups is 2. The van der Waals surface area contributed by atoms with E-state index in [4.69, 9.17) is 5.26 Å². The van der Waals surface area contributed by atoms with Crippen LogP contribution in [-0.2, 0) is 9.53 Å². The zero-order valence-electron chi connectivity index (χ0n) is 7.24. The maximum atomic E-state index is 10.9. The van der Waals surface area contributed by atoms with Crippen LogP contribution in [0.2, 0.25) is 0 Å². The maximum Gasteiger partial charge on any atom is 0.404 e. The lowest BCUT2D eigenvalue weighted by atomic mass is 10.2. The Morgan fingerprint density at radius 3 is 2.77 bits per heavy atom. The van der Waals surface area contributed by atoms with Crippen molar-refractivity contribution in [1.82, 2.24) is 5.32 Å². The summed E-state index contributed by atoms with van der Waals surface area (Å²) in [7, 11) is 0. The van der Waals surface area contributed by atoms with E-state index in [0.29, 0.717) is 0 Å². The van der Waals surface area contributed by atoms with Crippen molar-refractivity contribution in [3.8, 4) is 6.07 Å². The zero-order chi connectivity index (χ0) is 10.3. The zero-order valence-corrected chi connectivity index (χ0v) is 7.24. The van der Waals surface area contributed by atoms with Crippen LogP contribution in [0.15, 0.2) is 0 Å². The third kappa shape index (κ3) is 5.49. The van der Waals surface area contributed by atoms with Crippen molar-refractivity contribution < 1.29 is 14.3 Å². The summed E-state index contributed by atoms with van der Waals surface area (Å²) in [5.74, 6) is -1.09. The van der Waals surface area contributed by atoms with Crippen LogP contribution in [-0.4, -0.2) is 25.2 Å². The molecule has 0 aromatic heterocycles. The van der Waals surface area contributed by atoms with Crippen LogP contribution in [0, 0.1) is 17.2 Å². The Bertz CT molecular complexity index is 234. The van der Waals surface area contributed by atoms with Crippen molar-refractivity contribution in [2.45, 2.75) is 6.92 Å². The number of hydrogen-bond acceptors (Lipinski definition) is 4. The molecule has 3 N–H and O–H groups in total. The largest absolute Gasteiger partial charge is 0.448 e. The van der Waals surface area contributed by atoms with Crippen molar-refractivity contribution in [2.24, 2.45) is 11.7 Å². The predicted molar refractivity (Wildman–Crippen MR) is 43.3 cm³/mol. The molecule has 0 fully saturated rings. The number of nitrogens with zero attached hydrogens (tertiary/aromatic N) is 1. The monoisotopic (exact) mass is 185 g/mol. The van der Waals surface area contributed by atoms with Gasteiger partial charge in [-0.05, 0) is 6.92 Å². The van der Waals surface area contributed by atoms with Gasteiger partial charge in [0.05, 0.1) is 12.6 Å². The van der Waals surface area contributed by atoms with Crippen LogP contribution >= 0.6 is 0 Å². The Balaban J connectivity index is 3.50. The van der Waals surface area contributed by atoms with Crippen LogP contribution in [0.25, 0.3) is 0 Å². The topological polar surface area (TPSA) is 105 Å². The molecule has 2 amide bonds.